The molecule has 1 aliphatic rings. The molecular weight excluding hydrogens is 368 g/mol. The Kier molecular flexibility index (Phi) is 6.30. The maximum atomic E-state index is 11.3. The number of esters is 3. The topological polar surface area (TPSA) is 125 Å². The van der Waals surface area contributed by atoms with E-state index in [4.69, 9.17) is 18.9 Å². The lowest BCUT2D eigenvalue weighted by Gasteiger charge is -2.41. The normalized spacial score (nSPS) is 31.0. The molecule has 9 nitrogen and oxygen atoms in total. The minimum absolute atomic E-state index is 0.703. The molecule has 0 amide bonds. The molecule has 0 aromatic heterocycles. The van der Waals surface area contributed by atoms with Crippen molar-refractivity contribution in [1.82, 2.24) is 0 Å². The second-order valence-corrected chi connectivity index (χ2v) is 5.37. The molecule has 5 atom stereocenters. The average Bonchev–Trinajstić information content (AvgIpc) is 2.34. The highest BCUT2D eigenvalue weighted by molar-refractivity contribution is 9.09. The number of carbonyl (C=O) groups is 4. The summed E-state index contributed by atoms with van der Waals surface area (Å²) in [4.78, 5) is 44.9. The number of halogens is 1. The van der Waals surface area contributed by atoms with Crippen molar-refractivity contribution in [1.29, 1.82) is 0 Å². The fraction of sp³-hybridized carbons (Fsp3) is 0.667. The fourth-order valence-electron chi connectivity index (χ4n) is 1.96. The Morgan fingerprint density at radius 3 is 1.68 bits per heavy atom. The molecule has 0 aromatic rings. The van der Waals surface area contributed by atoms with Gasteiger partial charge in [0.2, 0.25) is 0 Å². The Balaban J connectivity index is 3.18. The zero-order valence-corrected chi connectivity index (χ0v) is 13.6. The van der Waals surface area contributed by atoms with Gasteiger partial charge in [0.05, 0.1) is 0 Å². The van der Waals surface area contributed by atoms with E-state index in [-0.39, 0.29) is 0 Å². The summed E-state index contributed by atoms with van der Waals surface area (Å²) in [6.07, 6.45) is -5.56. The predicted octanol–water partition coefficient (Wildman–Crippen LogP) is -0.0141. The molecule has 0 bridgehead atoms. The van der Waals surface area contributed by atoms with Crippen LogP contribution >= 0.6 is 15.9 Å². The summed E-state index contributed by atoms with van der Waals surface area (Å²) in [5.41, 5.74) is 0. The minimum atomic E-state index is -1.59. The molecule has 1 heterocycles. The van der Waals surface area contributed by atoms with Gasteiger partial charge in [0.15, 0.2) is 29.4 Å². The third-order valence-corrected chi connectivity index (χ3v) is 3.37. The van der Waals surface area contributed by atoms with Gasteiger partial charge in [-0.25, -0.2) is 4.79 Å². The fourth-order valence-corrected chi connectivity index (χ4v) is 2.60. The monoisotopic (exact) mass is 382 g/mol. The van der Waals surface area contributed by atoms with E-state index in [1.807, 2.05) is 0 Å². The van der Waals surface area contributed by atoms with Gasteiger partial charge in [-0.3, -0.25) is 14.4 Å². The largest absolute Gasteiger partial charge is 0.479 e. The van der Waals surface area contributed by atoms with Crippen molar-refractivity contribution in [3.05, 3.63) is 0 Å². The number of hydrogen-bond donors (Lipinski definition) is 1. The Bertz CT molecular complexity index is 477. The third kappa shape index (κ3) is 4.67. The second-order valence-electron chi connectivity index (χ2n) is 4.47. The molecule has 124 valence electrons. The number of rotatable bonds is 4. The summed E-state index contributed by atoms with van der Waals surface area (Å²) < 4.78 is 20.0. The third-order valence-electron chi connectivity index (χ3n) is 2.63. The van der Waals surface area contributed by atoms with Gasteiger partial charge in [0.1, 0.15) is 0 Å². The van der Waals surface area contributed by atoms with E-state index in [0.29, 0.717) is 0 Å². The van der Waals surface area contributed by atoms with Crippen LogP contribution in [0.2, 0.25) is 0 Å². The Morgan fingerprint density at radius 2 is 1.27 bits per heavy atom. The Morgan fingerprint density at radius 1 is 0.864 bits per heavy atom. The van der Waals surface area contributed by atoms with Gasteiger partial charge in [-0.2, -0.15) is 0 Å². The zero-order valence-electron chi connectivity index (χ0n) is 12.0. The smallest absolute Gasteiger partial charge is 0.336 e. The van der Waals surface area contributed by atoms with Gasteiger partial charge in [-0.1, -0.05) is 15.9 Å². The number of carboxylic acid groups (broad SMARTS) is 1. The van der Waals surface area contributed by atoms with Crippen molar-refractivity contribution in [2.24, 2.45) is 0 Å². The maximum Gasteiger partial charge on any atom is 0.336 e. The van der Waals surface area contributed by atoms with E-state index < -0.39 is 53.3 Å². The van der Waals surface area contributed by atoms with Crippen molar-refractivity contribution in [2.45, 2.75) is 50.2 Å². The van der Waals surface area contributed by atoms with Crippen LogP contribution in [-0.2, 0) is 38.1 Å². The minimum Gasteiger partial charge on any atom is -0.479 e. The summed E-state index contributed by atoms with van der Waals surface area (Å²) in [5, 5.41) is 8.11. The van der Waals surface area contributed by atoms with Crippen LogP contribution in [0.5, 0.6) is 0 Å². The van der Waals surface area contributed by atoms with Crippen molar-refractivity contribution in [3.8, 4) is 0 Å². The molecule has 1 aliphatic heterocycles. The highest BCUT2D eigenvalue weighted by atomic mass is 79.9. The summed E-state index contributed by atoms with van der Waals surface area (Å²) in [6.45, 7) is 3.27. The highest BCUT2D eigenvalue weighted by Gasteiger charge is 2.53. The van der Waals surface area contributed by atoms with Crippen LogP contribution in [0.1, 0.15) is 20.8 Å². The average molecular weight is 383 g/mol. The number of ether oxygens (including phenoxy) is 4. The van der Waals surface area contributed by atoms with Crippen LogP contribution in [-0.4, -0.2) is 58.4 Å². The first-order chi connectivity index (χ1) is 10.1. The summed E-state index contributed by atoms with van der Waals surface area (Å²) in [6, 6.07) is 0. The van der Waals surface area contributed by atoms with E-state index in [2.05, 4.69) is 15.9 Å². The lowest BCUT2D eigenvalue weighted by Crippen LogP contribution is -2.61. The molecular formula is C12H15BrO9. The molecule has 22 heavy (non-hydrogen) atoms. The molecule has 0 spiro atoms. The van der Waals surface area contributed by atoms with Gasteiger partial charge in [0.25, 0.3) is 0 Å². The SMILES string of the molecule is CC(=O)O[C@H]1[C@H](OC(C)=O)[C@@H](OC(C)=O)C(Br)O[C@@H]1C(=O)O. The van der Waals surface area contributed by atoms with Gasteiger partial charge < -0.3 is 24.1 Å². The first-order valence-corrected chi connectivity index (χ1v) is 7.09. The van der Waals surface area contributed by atoms with E-state index in [0.717, 1.165) is 20.8 Å². The Hall–Kier alpha value is -1.68. The van der Waals surface area contributed by atoms with Crippen LogP contribution in [0.15, 0.2) is 0 Å². The van der Waals surface area contributed by atoms with Crippen LogP contribution in [0.25, 0.3) is 0 Å². The highest BCUT2D eigenvalue weighted by Crippen LogP contribution is 2.31. The number of carboxylic acids is 1. The lowest BCUT2D eigenvalue weighted by molar-refractivity contribution is -0.233. The number of hydrogen-bond acceptors (Lipinski definition) is 8. The second kappa shape index (κ2) is 7.54. The predicted molar refractivity (Wildman–Crippen MR) is 71.9 cm³/mol. The number of carbonyl (C=O) groups excluding carboxylic acids is 3. The molecule has 0 saturated carbocycles. The number of alkyl halides is 1. The molecule has 0 aromatic carbocycles. The van der Waals surface area contributed by atoms with Gasteiger partial charge in [-0.15, -0.1) is 0 Å². The molecule has 1 N–H and O–H groups in total. The van der Waals surface area contributed by atoms with E-state index >= 15 is 0 Å². The standard InChI is InChI=1S/C12H15BrO9/c1-4(14)19-7-8(20-5(2)15)10(12(17)18)22-11(13)9(7)21-6(3)16/h7-11H,1-3H3,(H,17,18)/t7-,8-,9+,10-,11?/m0/s1. The lowest BCUT2D eigenvalue weighted by atomic mass is 9.99. The molecule has 1 saturated heterocycles. The van der Waals surface area contributed by atoms with Crippen molar-refractivity contribution >= 4 is 39.8 Å². The van der Waals surface area contributed by atoms with Crippen LogP contribution in [0.3, 0.4) is 0 Å². The summed E-state index contributed by atoms with van der Waals surface area (Å²) in [7, 11) is 0. The van der Waals surface area contributed by atoms with Crippen LogP contribution in [0, 0.1) is 0 Å². The van der Waals surface area contributed by atoms with E-state index in [1.165, 1.54) is 0 Å². The van der Waals surface area contributed by atoms with Crippen molar-refractivity contribution < 1.29 is 43.2 Å². The van der Waals surface area contributed by atoms with Crippen molar-refractivity contribution in [3.63, 3.8) is 0 Å². The molecule has 0 radical (unpaired) electrons. The molecule has 1 fully saturated rings. The van der Waals surface area contributed by atoms with Gasteiger partial charge in [-0.05, 0) is 0 Å². The first-order valence-electron chi connectivity index (χ1n) is 6.17. The zero-order chi connectivity index (χ0) is 17.0. The maximum absolute atomic E-state index is 11.3. The van der Waals surface area contributed by atoms with Gasteiger partial charge in [0, 0.05) is 20.8 Å². The Labute approximate surface area is 134 Å². The molecule has 0 aliphatic carbocycles. The van der Waals surface area contributed by atoms with E-state index in [1.54, 1.807) is 0 Å². The summed E-state index contributed by atoms with van der Waals surface area (Å²) in [5.74, 6) is -3.68. The van der Waals surface area contributed by atoms with Crippen LogP contribution < -0.4 is 0 Å². The molecule has 10 heteroatoms. The molecule has 1 rings (SSSR count). The van der Waals surface area contributed by atoms with E-state index in [9.17, 15) is 24.3 Å². The van der Waals surface area contributed by atoms with Gasteiger partial charge >= 0.3 is 23.9 Å². The van der Waals surface area contributed by atoms with Crippen LogP contribution in [0.4, 0.5) is 0 Å². The summed E-state index contributed by atoms with van der Waals surface area (Å²) >= 11 is 3.02. The number of aliphatic carboxylic acids is 1. The molecule has 1 unspecified atom stereocenters. The first kappa shape index (κ1) is 18.4. The quantitative estimate of drug-likeness (QED) is 0.405. The van der Waals surface area contributed by atoms with Crippen molar-refractivity contribution in [2.75, 3.05) is 0 Å².